The lowest BCUT2D eigenvalue weighted by Crippen LogP contribution is -2.48. The topological polar surface area (TPSA) is 58.6 Å². The van der Waals surface area contributed by atoms with E-state index in [0.717, 1.165) is 24.4 Å². The van der Waals surface area contributed by atoms with Gasteiger partial charge in [0.1, 0.15) is 12.4 Å². The number of rotatable bonds is 6. The van der Waals surface area contributed by atoms with Gasteiger partial charge in [-0.1, -0.05) is 18.2 Å². The van der Waals surface area contributed by atoms with Gasteiger partial charge in [-0.05, 0) is 20.0 Å². The molecule has 0 aromatic heterocycles. The average molecular weight is 312 g/mol. The second kappa shape index (κ2) is 7.24. The average Bonchev–Trinajstić information content (AvgIpc) is 2.43. The predicted molar refractivity (Wildman–Crippen MR) is 84.4 cm³/mol. The summed E-state index contributed by atoms with van der Waals surface area (Å²) in [5, 5.41) is 3.12. The first-order valence-corrected chi connectivity index (χ1v) is 9.14. The molecule has 5 nitrogen and oxygen atoms in total. The minimum absolute atomic E-state index is 0.0694. The third kappa shape index (κ3) is 4.69. The molecule has 0 radical (unpaired) electrons. The van der Waals surface area contributed by atoms with Gasteiger partial charge in [0.25, 0.3) is 0 Å². The molecule has 21 heavy (non-hydrogen) atoms. The van der Waals surface area contributed by atoms with Crippen molar-refractivity contribution in [1.29, 1.82) is 0 Å². The minimum Gasteiger partial charge on any atom is -0.492 e. The van der Waals surface area contributed by atoms with E-state index in [0.29, 0.717) is 13.2 Å². The lowest BCUT2D eigenvalue weighted by atomic mass is 10.2. The van der Waals surface area contributed by atoms with Crippen LogP contribution in [0.5, 0.6) is 5.75 Å². The number of benzene rings is 1. The molecular weight excluding hydrogens is 288 g/mol. The van der Waals surface area contributed by atoms with Crippen LogP contribution in [0.3, 0.4) is 0 Å². The van der Waals surface area contributed by atoms with Gasteiger partial charge in [0, 0.05) is 31.2 Å². The molecule has 1 saturated heterocycles. The maximum atomic E-state index is 11.6. The summed E-state index contributed by atoms with van der Waals surface area (Å²) in [6.07, 6.45) is 0. The number of ether oxygens (including phenoxy) is 1. The van der Waals surface area contributed by atoms with Gasteiger partial charge in [0.15, 0.2) is 9.84 Å². The van der Waals surface area contributed by atoms with Crippen LogP contribution in [-0.4, -0.2) is 57.6 Å². The van der Waals surface area contributed by atoms with E-state index in [1.165, 1.54) is 0 Å². The fourth-order valence-electron chi connectivity index (χ4n) is 2.62. The highest BCUT2D eigenvalue weighted by molar-refractivity contribution is 7.91. The number of sulfone groups is 1. The van der Waals surface area contributed by atoms with Crippen molar-refractivity contribution in [3.63, 3.8) is 0 Å². The van der Waals surface area contributed by atoms with Crippen molar-refractivity contribution >= 4 is 9.84 Å². The molecule has 1 aromatic rings. The first kappa shape index (κ1) is 16.3. The predicted octanol–water partition coefficient (Wildman–Crippen LogP) is 0.904. The molecule has 2 rings (SSSR count). The Morgan fingerprint density at radius 2 is 2.14 bits per heavy atom. The van der Waals surface area contributed by atoms with E-state index >= 15 is 0 Å². The summed E-state index contributed by atoms with van der Waals surface area (Å²) >= 11 is 0. The van der Waals surface area contributed by atoms with Gasteiger partial charge in [0.2, 0.25) is 0 Å². The summed E-state index contributed by atoms with van der Waals surface area (Å²) in [5.41, 5.74) is 1.13. The van der Waals surface area contributed by atoms with Crippen molar-refractivity contribution in [1.82, 2.24) is 10.2 Å². The van der Waals surface area contributed by atoms with Crippen LogP contribution in [0, 0.1) is 0 Å². The molecule has 118 valence electrons. The monoisotopic (exact) mass is 312 g/mol. The van der Waals surface area contributed by atoms with Crippen molar-refractivity contribution in [3.05, 3.63) is 29.8 Å². The maximum Gasteiger partial charge on any atom is 0.153 e. The summed E-state index contributed by atoms with van der Waals surface area (Å²) in [6, 6.07) is 8.04. The quantitative estimate of drug-likeness (QED) is 0.846. The van der Waals surface area contributed by atoms with Crippen molar-refractivity contribution in [2.75, 3.05) is 38.2 Å². The van der Waals surface area contributed by atoms with Gasteiger partial charge in [-0.25, -0.2) is 8.42 Å². The smallest absolute Gasteiger partial charge is 0.153 e. The summed E-state index contributed by atoms with van der Waals surface area (Å²) in [6.45, 7) is 4.67. The van der Waals surface area contributed by atoms with Gasteiger partial charge >= 0.3 is 0 Å². The van der Waals surface area contributed by atoms with Gasteiger partial charge in [-0.2, -0.15) is 0 Å². The van der Waals surface area contributed by atoms with E-state index in [1.807, 2.05) is 38.2 Å². The number of nitrogens with zero attached hydrogens (tertiary/aromatic N) is 1. The molecule has 1 aliphatic rings. The Morgan fingerprint density at radius 1 is 1.38 bits per heavy atom. The maximum absolute atomic E-state index is 11.6. The van der Waals surface area contributed by atoms with Crippen LogP contribution in [0.2, 0.25) is 0 Å². The molecular formula is C15H24N2O3S. The standard InChI is InChI=1S/C15H24N2O3S/c1-13-12-21(18,19)10-8-17(13)7-9-20-15-6-4-3-5-14(15)11-16-2/h3-6,13,16H,7-12H2,1-2H3. The van der Waals surface area contributed by atoms with Crippen LogP contribution in [0.4, 0.5) is 0 Å². The Bertz CT molecular complexity index is 560. The van der Waals surface area contributed by atoms with Gasteiger partial charge in [-0.3, -0.25) is 4.90 Å². The third-order valence-electron chi connectivity index (χ3n) is 3.78. The Morgan fingerprint density at radius 3 is 2.86 bits per heavy atom. The largest absolute Gasteiger partial charge is 0.492 e. The molecule has 6 heteroatoms. The first-order chi connectivity index (χ1) is 10.0. The van der Waals surface area contributed by atoms with Gasteiger partial charge < -0.3 is 10.1 Å². The highest BCUT2D eigenvalue weighted by atomic mass is 32.2. The molecule has 0 spiro atoms. The van der Waals surface area contributed by atoms with Crippen molar-refractivity contribution in [2.24, 2.45) is 0 Å². The molecule has 0 bridgehead atoms. The summed E-state index contributed by atoms with van der Waals surface area (Å²) < 4.78 is 29.0. The number of para-hydroxylation sites is 1. The van der Waals surface area contributed by atoms with E-state index in [2.05, 4.69) is 10.2 Å². The van der Waals surface area contributed by atoms with E-state index in [1.54, 1.807) is 0 Å². The Balaban J connectivity index is 1.85. The normalized spacial score (nSPS) is 22.1. The lowest BCUT2D eigenvalue weighted by molar-refractivity contribution is 0.179. The van der Waals surface area contributed by atoms with Crippen molar-refractivity contribution in [2.45, 2.75) is 19.5 Å². The second-order valence-corrected chi connectivity index (χ2v) is 7.71. The third-order valence-corrected chi connectivity index (χ3v) is 5.58. The van der Waals surface area contributed by atoms with Crippen molar-refractivity contribution in [3.8, 4) is 5.75 Å². The summed E-state index contributed by atoms with van der Waals surface area (Å²) in [7, 11) is -0.938. The number of nitrogens with one attached hydrogen (secondary N) is 1. The summed E-state index contributed by atoms with van der Waals surface area (Å²) in [5.74, 6) is 1.40. The summed E-state index contributed by atoms with van der Waals surface area (Å²) in [4.78, 5) is 2.18. The van der Waals surface area contributed by atoms with E-state index in [9.17, 15) is 8.42 Å². The van der Waals surface area contributed by atoms with E-state index in [4.69, 9.17) is 4.74 Å². The zero-order chi connectivity index (χ0) is 15.3. The Labute approximate surface area is 127 Å². The zero-order valence-electron chi connectivity index (χ0n) is 12.7. The van der Waals surface area contributed by atoms with Gasteiger partial charge in [0.05, 0.1) is 11.5 Å². The number of hydrogen-bond donors (Lipinski definition) is 1. The highest BCUT2D eigenvalue weighted by Crippen LogP contribution is 2.18. The molecule has 0 aliphatic carbocycles. The van der Waals surface area contributed by atoms with E-state index in [-0.39, 0.29) is 17.5 Å². The van der Waals surface area contributed by atoms with Gasteiger partial charge in [-0.15, -0.1) is 0 Å². The molecule has 1 heterocycles. The highest BCUT2D eigenvalue weighted by Gasteiger charge is 2.27. The van der Waals surface area contributed by atoms with Crippen molar-refractivity contribution < 1.29 is 13.2 Å². The molecule has 1 N–H and O–H groups in total. The molecule has 1 atom stereocenters. The SMILES string of the molecule is CNCc1ccccc1OCCN1CCS(=O)(=O)CC1C. The molecule has 1 fully saturated rings. The van der Waals surface area contributed by atoms with Crippen LogP contribution in [-0.2, 0) is 16.4 Å². The first-order valence-electron chi connectivity index (χ1n) is 7.31. The number of hydrogen-bond acceptors (Lipinski definition) is 5. The zero-order valence-corrected chi connectivity index (χ0v) is 13.5. The van der Waals surface area contributed by atoms with E-state index < -0.39 is 9.84 Å². The Hall–Kier alpha value is -1.11. The minimum atomic E-state index is -2.85. The molecule has 0 amide bonds. The van der Waals surface area contributed by atoms with Crippen LogP contribution < -0.4 is 10.1 Å². The van der Waals surface area contributed by atoms with Crippen LogP contribution in [0.1, 0.15) is 12.5 Å². The Kier molecular flexibility index (Phi) is 5.61. The second-order valence-electron chi connectivity index (χ2n) is 5.49. The van der Waals surface area contributed by atoms with Crippen LogP contribution in [0.25, 0.3) is 0 Å². The fraction of sp³-hybridized carbons (Fsp3) is 0.600. The molecule has 1 aliphatic heterocycles. The molecule has 1 aromatic carbocycles. The fourth-order valence-corrected chi connectivity index (χ4v) is 4.24. The van der Waals surface area contributed by atoms with Crippen LogP contribution in [0.15, 0.2) is 24.3 Å². The lowest BCUT2D eigenvalue weighted by Gasteiger charge is -2.32. The molecule has 0 saturated carbocycles. The van der Waals surface area contributed by atoms with Crippen LogP contribution >= 0.6 is 0 Å². The molecule has 1 unspecified atom stereocenters.